The third-order valence-corrected chi connectivity index (χ3v) is 3.81. The third-order valence-electron chi connectivity index (χ3n) is 2.91. The summed E-state index contributed by atoms with van der Waals surface area (Å²) in [7, 11) is -3.66. The normalized spacial score (nSPS) is 18.4. The molecule has 0 bridgehead atoms. The van der Waals surface area contributed by atoms with Gasteiger partial charge in [-0.15, -0.1) is 0 Å². The minimum Gasteiger partial charge on any atom is -0.357 e. The summed E-state index contributed by atoms with van der Waals surface area (Å²) in [6.45, 7) is 1.70. The average molecular weight is 256 g/mol. The van der Waals surface area contributed by atoms with Crippen molar-refractivity contribution >= 4 is 15.8 Å². The summed E-state index contributed by atoms with van der Waals surface area (Å²) in [5, 5.41) is 5.01. The monoisotopic (exact) mass is 256 g/mol. The number of pyridine rings is 1. The number of hydrogen-bond donors (Lipinski definition) is 2. The molecule has 1 aromatic heterocycles. The van der Waals surface area contributed by atoms with E-state index in [1.807, 2.05) is 0 Å². The van der Waals surface area contributed by atoms with Gasteiger partial charge in [0.15, 0.2) is 0 Å². The zero-order valence-electron chi connectivity index (χ0n) is 9.41. The molecule has 1 aliphatic heterocycles. The quantitative estimate of drug-likeness (QED) is 0.753. The van der Waals surface area contributed by atoms with E-state index in [0.29, 0.717) is 0 Å². The van der Waals surface area contributed by atoms with Gasteiger partial charge in [-0.2, -0.15) is 0 Å². The van der Waals surface area contributed by atoms with Gasteiger partial charge < -0.3 is 10.6 Å². The summed E-state index contributed by atoms with van der Waals surface area (Å²) in [5.74, 6) is 0.768. The van der Waals surface area contributed by atoms with Crippen molar-refractivity contribution in [1.82, 2.24) is 4.98 Å². The van der Waals surface area contributed by atoms with Gasteiger partial charge in [-0.1, -0.05) is 0 Å². The predicted molar refractivity (Wildman–Crippen MR) is 65.0 cm³/mol. The Morgan fingerprint density at radius 1 is 1.29 bits per heavy atom. The summed E-state index contributed by atoms with van der Waals surface area (Å²) in [6, 6.07) is 3.41. The van der Waals surface area contributed by atoms with Crippen molar-refractivity contribution in [2.45, 2.75) is 23.8 Å². The van der Waals surface area contributed by atoms with Gasteiger partial charge in [0.2, 0.25) is 10.0 Å². The first kappa shape index (κ1) is 12.3. The Bertz CT molecular complexity index is 478. The lowest BCUT2D eigenvalue weighted by Crippen LogP contribution is -2.40. The van der Waals surface area contributed by atoms with Crippen LogP contribution in [0.15, 0.2) is 23.2 Å². The maximum Gasteiger partial charge on any atom is 0.239 e. The SMILES string of the molecule is NC1CCN(c2ccc(S(N)(=O)=O)cn2)CC1. The zero-order valence-corrected chi connectivity index (χ0v) is 10.2. The largest absolute Gasteiger partial charge is 0.357 e. The Balaban J connectivity index is 2.13. The molecule has 6 nitrogen and oxygen atoms in total. The Kier molecular flexibility index (Phi) is 3.32. The topological polar surface area (TPSA) is 102 Å². The number of piperidine rings is 1. The van der Waals surface area contributed by atoms with Crippen molar-refractivity contribution in [1.29, 1.82) is 0 Å². The fraction of sp³-hybridized carbons (Fsp3) is 0.500. The van der Waals surface area contributed by atoms with Crippen LogP contribution in [0.1, 0.15) is 12.8 Å². The van der Waals surface area contributed by atoms with Gasteiger partial charge in [-0.05, 0) is 25.0 Å². The van der Waals surface area contributed by atoms with E-state index in [1.165, 1.54) is 12.3 Å². The molecule has 0 spiro atoms. The summed E-state index contributed by atoms with van der Waals surface area (Å²) >= 11 is 0. The minimum absolute atomic E-state index is 0.0370. The van der Waals surface area contributed by atoms with Crippen LogP contribution in [0.3, 0.4) is 0 Å². The second-order valence-corrected chi connectivity index (χ2v) is 5.78. The molecule has 17 heavy (non-hydrogen) atoms. The van der Waals surface area contributed by atoms with Crippen LogP contribution in [0.25, 0.3) is 0 Å². The molecule has 0 atom stereocenters. The molecule has 1 aliphatic rings. The van der Waals surface area contributed by atoms with E-state index in [0.717, 1.165) is 31.7 Å². The third kappa shape index (κ3) is 2.93. The van der Waals surface area contributed by atoms with Crippen molar-refractivity contribution in [2.24, 2.45) is 10.9 Å². The summed E-state index contributed by atoms with van der Waals surface area (Å²) in [6.07, 6.45) is 3.15. The Labute approximate surface area is 101 Å². The Morgan fingerprint density at radius 2 is 1.94 bits per heavy atom. The number of primary sulfonamides is 1. The highest BCUT2D eigenvalue weighted by Crippen LogP contribution is 2.18. The van der Waals surface area contributed by atoms with E-state index in [-0.39, 0.29) is 10.9 Å². The zero-order chi connectivity index (χ0) is 12.5. The lowest BCUT2D eigenvalue weighted by Gasteiger charge is -2.31. The maximum absolute atomic E-state index is 11.1. The molecular formula is C10H16N4O2S. The van der Waals surface area contributed by atoms with Crippen LogP contribution in [0.2, 0.25) is 0 Å². The highest BCUT2D eigenvalue weighted by atomic mass is 32.2. The first-order valence-electron chi connectivity index (χ1n) is 5.46. The molecule has 7 heteroatoms. The lowest BCUT2D eigenvalue weighted by molar-refractivity contribution is 0.498. The van der Waals surface area contributed by atoms with Crippen LogP contribution < -0.4 is 15.8 Å². The molecule has 1 fully saturated rings. The standard InChI is InChI=1S/C10H16N4O2S/c11-8-3-5-14(6-4-8)10-2-1-9(7-13-10)17(12,15)16/h1-2,7-8H,3-6,11H2,(H2,12,15,16). The minimum atomic E-state index is -3.66. The Morgan fingerprint density at radius 3 is 2.41 bits per heavy atom. The molecule has 0 aromatic carbocycles. The summed E-state index contributed by atoms with van der Waals surface area (Å²) in [5.41, 5.74) is 5.81. The average Bonchev–Trinajstić information content (AvgIpc) is 2.29. The van der Waals surface area contributed by atoms with Crippen LogP contribution in [0.5, 0.6) is 0 Å². The van der Waals surface area contributed by atoms with Gasteiger partial charge >= 0.3 is 0 Å². The highest BCUT2D eigenvalue weighted by molar-refractivity contribution is 7.89. The van der Waals surface area contributed by atoms with Crippen LogP contribution >= 0.6 is 0 Å². The van der Waals surface area contributed by atoms with Crippen LogP contribution in [-0.2, 0) is 10.0 Å². The molecule has 4 N–H and O–H groups in total. The van der Waals surface area contributed by atoms with Gasteiger partial charge in [0.1, 0.15) is 10.7 Å². The fourth-order valence-electron chi connectivity index (χ4n) is 1.86. The molecule has 0 saturated carbocycles. The van der Waals surface area contributed by atoms with Crippen molar-refractivity contribution < 1.29 is 8.42 Å². The number of aromatic nitrogens is 1. The number of nitrogens with zero attached hydrogens (tertiary/aromatic N) is 2. The molecule has 0 radical (unpaired) electrons. The number of hydrogen-bond acceptors (Lipinski definition) is 5. The van der Waals surface area contributed by atoms with E-state index in [1.54, 1.807) is 6.07 Å². The molecule has 0 amide bonds. The van der Waals surface area contributed by atoms with E-state index < -0.39 is 10.0 Å². The fourth-order valence-corrected chi connectivity index (χ4v) is 2.31. The summed E-state index contributed by atoms with van der Waals surface area (Å²) < 4.78 is 22.1. The van der Waals surface area contributed by atoms with E-state index in [9.17, 15) is 8.42 Å². The van der Waals surface area contributed by atoms with E-state index in [2.05, 4.69) is 9.88 Å². The lowest BCUT2D eigenvalue weighted by atomic mass is 10.1. The summed E-state index contributed by atoms with van der Waals surface area (Å²) in [4.78, 5) is 6.25. The number of anilines is 1. The van der Waals surface area contributed by atoms with Gasteiger partial charge in [0.05, 0.1) is 0 Å². The first-order chi connectivity index (χ1) is 7.97. The molecule has 0 unspecified atom stereocenters. The van der Waals surface area contributed by atoms with Crippen LogP contribution in [0, 0.1) is 0 Å². The molecule has 1 aromatic rings. The van der Waals surface area contributed by atoms with Crippen molar-refractivity contribution in [3.05, 3.63) is 18.3 Å². The maximum atomic E-state index is 11.1. The van der Waals surface area contributed by atoms with Gasteiger partial charge in [0.25, 0.3) is 0 Å². The number of nitrogens with two attached hydrogens (primary N) is 2. The molecular weight excluding hydrogens is 240 g/mol. The second-order valence-electron chi connectivity index (χ2n) is 4.22. The smallest absolute Gasteiger partial charge is 0.239 e. The van der Waals surface area contributed by atoms with Crippen LogP contribution in [0.4, 0.5) is 5.82 Å². The van der Waals surface area contributed by atoms with E-state index >= 15 is 0 Å². The predicted octanol–water partition coefficient (Wildman–Crippen LogP) is -0.344. The first-order valence-corrected chi connectivity index (χ1v) is 7.01. The highest BCUT2D eigenvalue weighted by Gasteiger charge is 2.17. The molecule has 2 rings (SSSR count). The second kappa shape index (κ2) is 4.59. The molecule has 2 heterocycles. The van der Waals surface area contributed by atoms with E-state index in [4.69, 9.17) is 10.9 Å². The van der Waals surface area contributed by atoms with Crippen molar-refractivity contribution in [2.75, 3.05) is 18.0 Å². The van der Waals surface area contributed by atoms with Gasteiger partial charge in [-0.25, -0.2) is 18.5 Å². The van der Waals surface area contributed by atoms with Crippen molar-refractivity contribution in [3.8, 4) is 0 Å². The number of sulfonamides is 1. The van der Waals surface area contributed by atoms with Gasteiger partial charge in [-0.3, -0.25) is 0 Å². The molecule has 1 saturated heterocycles. The molecule has 0 aliphatic carbocycles. The Hall–Kier alpha value is -1.18. The molecule has 94 valence electrons. The van der Waals surface area contributed by atoms with Crippen LogP contribution in [-0.4, -0.2) is 32.5 Å². The van der Waals surface area contributed by atoms with Gasteiger partial charge in [0, 0.05) is 25.3 Å². The number of rotatable bonds is 2. The van der Waals surface area contributed by atoms with Crippen molar-refractivity contribution in [3.63, 3.8) is 0 Å².